The van der Waals surface area contributed by atoms with Crippen molar-refractivity contribution in [2.24, 2.45) is 11.3 Å². The van der Waals surface area contributed by atoms with Gasteiger partial charge in [-0.2, -0.15) is 0 Å². The average Bonchev–Trinajstić information content (AvgIpc) is 2.07. The zero-order chi connectivity index (χ0) is 10.3. The van der Waals surface area contributed by atoms with Crippen LogP contribution in [0.2, 0.25) is 0 Å². The molecule has 1 aliphatic carbocycles. The largest absolute Gasteiger partial charge is 0.316 e. The lowest BCUT2D eigenvalue weighted by atomic mass is 9.57. The number of halogens is 1. The first-order valence-electron chi connectivity index (χ1n) is 5.56. The molecule has 80 valence electrons. The molecule has 1 saturated heterocycles. The highest BCUT2D eigenvalue weighted by Crippen LogP contribution is 2.49. The molecule has 0 radical (unpaired) electrons. The predicted molar refractivity (Wildman–Crippen MR) is 55.9 cm³/mol. The van der Waals surface area contributed by atoms with Crippen LogP contribution in [-0.2, 0) is 6.42 Å². The van der Waals surface area contributed by atoms with Crippen LogP contribution in [0.3, 0.4) is 0 Å². The highest BCUT2D eigenvalue weighted by molar-refractivity contribution is 5.14. The fourth-order valence-corrected chi connectivity index (χ4v) is 2.98. The molecule has 0 bridgehead atoms. The zero-order valence-electron chi connectivity index (χ0n) is 8.67. The molecule has 0 aromatic carbocycles. The molecular formula is C12H15FN2. The fourth-order valence-electron chi connectivity index (χ4n) is 2.98. The standard InChI is InChI=1S/C12H15FN2/c13-11-2-9(5-14-6-11)1-10-3-12(4-10)7-15-8-12/h2,5-6,10,15H,1,3-4,7-8H2. The molecule has 2 fully saturated rings. The van der Waals surface area contributed by atoms with Gasteiger partial charge in [-0.05, 0) is 42.2 Å². The van der Waals surface area contributed by atoms with Gasteiger partial charge in [-0.1, -0.05) is 0 Å². The van der Waals surface area contributed by atoms with E-state index in [-0.39, 0.29) is 5.82 Å². The zero-order valence-corrected chi connectivity index (χ0v) is 8.67. The van der Waals surface area contributed by atoms with E-state index in [9.17, 15) is 4.39 Å². The van der Waals surface area contributed by atoms with Crippen LogP contribution in [-0.4, -0.2) is 18.1 Å². The maximum Gasteiger partial charge on any atom is 0.141 e. The van der Waals surface area contributed by atoms with Gasteiger partial charge in [0.25, 0.3) is 0 Å². The predicted octanol–water partition coefficient (Wildman–Crippen LogP) is 1.76. The van der Waals surface area contributed by atoms with E-state index in [1.807, 2.05) is 0 Å². The van der Waals surface area contributed by atoms with Crippen molar-refractivity contribution in [3.8, 4) is 0 Å². The molecule has 15 heavy (non-hydrogen) atoms. The molecule has 3 rings (SSSR count). The molecule has 1 saturated carbocycles. The number of hydrogen-bond donors (Lipinski definition) is 1. The van der Waals surface area contributed by atoms with Crippen molar-refractivity contribution in [1.82, 2.24) is 10.3 Å². The molecule has 1 N–H and O–H groups in total. The van der Waals surface area contributed by atoms with Crippen LogP contribution >= 0.6 is 0 Å². The lowest BCUT2D eigenvalue weighted by Crippen LogP contribution is -2.60. The molecule has 0 unspecified atom stereocenters. The Bertz CT molecular complexity index is 366. The number of hydrogen-bond acceptors (Lipinski definition) is 2. The Hall–Kier alpha value is -0.960. The summed E-state index contributed by atoms with van der Waals surface area (Å²) in [5, 5.41) is 3.33. The highest BCUT2D eigenvalue weighted by atomic mass is 19.1. The van der Waals surface area contributed by atoms with Crippen molar-refractivity contribution < 1.29 is 4.39 Å². The van der Waals surface area contributed by atoms with Gasteiger partial charge in [0.15, 0.2) is 0 Å². The topological polar surface area (TPSA) is 24.9 Å². The minimum Gasteiger partial charge on any atom is -0.316 e. The highest BCUT2D eigenvalue weighted by Gasteiger charge is 2.47. The molecule has 1 spiro atoms. The van der Waals surface area contributed by atoms with Gasteiger partial charge in [0.2, 0.25) is 0 Å². The summed E-state index contributed by atoms with van der Waals surface area (Å²) in [6.45, 7) is 2.37. The minimum atomic E-state index is -0.216. The second-order valence-corrected chi connectivity index (χ2v) is 5.09. The van der Waals surface area contributed by atoms with E-state index >= 15 is 0 Å². The Kier molecular flexibility index (Phi) is 2.02. The van der Waals surface area contributed by atoms with E-state index in [0.717, 1.165) is 17.9 Å². The molecule has 0 amide bonds. The van der Waals surface area contributed by atoms with Crippen molar-refractivity contribution in [2.75, 3.05) is 13.1 Å². The summed E-state index contributed by atoms with van der Waals surface area (Å²) in [7, 11) is 0. The molecule has 2 heterocycles. The van der Waals surface area contributed by atoms with Crippen molar-refractivity contribution in [1.29, 1.82) is 0 Å². The molecule has 2 nitrogen and oxygen atoms in total. The molecule has 2 aliphatic rings. The number of pyridine rings is 1. The van der Waals surface area contributed by atoms with Crippen LogP contribution in [0, 0.1) is 17.2 Å². The van der Waals surface area contributed by atoms with Gasteiger partial charge in [0.05, 0.1) is 6.20 Å². The number of nitrogens with one attached hydrogen (secondary N) is 1. The van der Waals surface area contributed by atoms with E-state index in [1.54, 1.807) is 12.3 Å². The van der Waals surface area contributed by atoms with Gasteiger partial charge >= 0.3 is 0 Å². The first-order chi connectivity index (χ1) is 7.26. The monoisotopic (exact) mass is 206 g/mol. The normalized spacial score (nSPS) is 23.5. The van der Waals surface area contributed by atoms with Gasteiger partial charge in [0, 0.05) is 19.3 Å². The van der Waals surface area contributed by atoms with E-state index in [1.165, 1.54) is 32.1 Å². The molecule has 1 aliphatic heterocycles. The van der Waals surface area contributed by atoms with Crippen LogP contribution in [0.1, 0.15) is 18.4 Å². The first kappa shape index (κ1) is 9.28. The summed E-state index contributed by atoms with van der Waals surface area (Å²) < 4.78 is 12.9. The van der Waals surface area contributed by atoms with Gasteiger partial charge in [-0.3, -0.25) is 4.98 Å². The first-order valence-corrected chi connectivity index (χ1v) is 5.56. The van der Waals surface area contributed by atoms with Crippen molar-refractivity contribution in [3.05, 3.63) is 29.8 Å². The summed E-state index contributed by atoms with van der Waals surface area (Å²) in [6.07, 6.45) is 6.65. The Morgan fingerprint density at radius 3 is 2.80 bits per heavy atom. The second-order valence-electron chi connectivity index (χ2n) is 5.09. The third-order valence-electron chi connectivity index (χ3n) is 3.73. The van der Waals surface area contributed by atoms with Gasteiger partial charge < -0.3 is 5.32 Å². The lowest BCUT2D eigenvalue weighted by Gasteiger charge is -2.54. The number of aromatic nitrogens is 1. The quantitative estimate of drug-likeness (QED) is 0.797. The average molecular weight is 206 g/mol. The Morgan fingerprint density at radius 1 is 1.40 bits per heavy atom. The molecular weight excluding hydrogens is 191 g/mol. The smallest absolute Gasteiger partial charge is 0.141 e. The third-order valence-corrected chi connectivity index (χ3v) is 3.73. The maximum absolute atomic E-state index is 12.9. The van der Waals surface area contributed by atoms with Crippen LogP contribution in [0.25, 0.3) is 0 Å². The van der Waals surface area contributed by atoms with Crippen molar-refractivity contribution in [3.63, 3.8) is 0 Å². The third kappa shape index (κ3) is 1.65. The number of rotatable bonds is 2. The Morgan fingerprint density at radius 2 is 2.20 bits per heavy atom. The molecule has 1 aromatic rings. The van der Waals surface area contributed by atoms with E-state index in [4.69, 9.17) is 0 Å². The van der Waals surface area contributed by atoms with E-state index in [0.29, 0.717) is 5.41 Å². The Balaban J connectivity index is 1.58. The van der Waals surface area contributed by atoms with Crippen LogP contribution < -0.4 is 5.32 Å². The summed E-state index contributed by atoms with van der Waals surface area (Å²) in [6, 6.07) is 1.61. The lowest BCUT2D eigenvalue weighted by molar-refractivity contribution is 0.000838. The molecule has 1 aromatic heterocycles. The van der Waals surface area contributed by atoms with Crippen LogP contribution in [0.15, 0.2) is 18.5 Å². The maximum atomic E-state index is 12.9. The fraction of sp³-hybridized carbons (Fsp3) is 0.583. The van der Waals surface area contributed by atoms with Gasteiger partial charge in [-0.15, -0.1) is 0 Å². The Labute approximate surface area is 88.9 Å². The van der Waals surface area contributed by atoms with Gasteiger partial charge in [-0.25, -0.2) is 4.39 Å². The number of nitrogens with zero attached hydrogens (tertiary/aromatic N) is 1. The summed E-state index contributed by atoms with van der Waals surface area (Å²) in [4.78, 5) is 3.88. The van der Waals surface area contributed by atoms with Gasteiger partial charge in [0.1, 0.15) is 5.82 Å². The summed E-state index contributed by atoms with van der Waals surface area (Å²) in [5.41, 5.74) is 1.66. The van der Waals surface area contributed by atoms with E-state index in [2.05, 4.69) is 10.3 Å². The summed E-state index contributed by atoms with van der Waals surface area (Å²) in [5.74, 6) is 0.530. The minimum absolute atomic E-state index is 0.216. The molecule has 0 atom stereocenters. The van der Waals surface area contributed by atoms with Crippen LogP contribution in [0.5, 0.6) is 0 Å². The van der Waals surface area contributed by atoms with Crippen LogP contribution in [0.4, 0.5) is 4.39 Å². The van der Waals surface area contributed by atoms with Crippen molar-refractivity contribution >= 4 is 0 Å². The second kappa shape index (κ2) is 3.27. The SMILES string of the molecule is Fc1cncc(CC2CC3(CNC3)C2)c1. The van der Waals surface area contributed by atoms with E-state index < -0.39 is 0 Å². The van der Waals surface area contributed by atoms with Crippen molar-refractivity contribution in [2.45, 2.75) is 19.3 Å². The molecule has 3 heteroatoms. The summed E-state index contributed by atoms with van der Waals surface area (Å²) >= 11 is 0.